The number of esters is 2. The first-order valence-electron chi connectivity index (χ1n) is 11.5. The number of carbonyl (C=O) groups excluding carboxylic acids is 3. The van der Waals surface area contributed by atoms with Crippen LogP contribution < -0.4 is 0 Å². The van der Waals surface area contributed by atoms with Crippen LogP contribution in [-0.4, -0.2) is 76.8 Å². The fourth-order valence-electron chi connectivity index (χ4n) is 3.64. The first-order valence-corrected chi connectivity index (χ1v) is 13.4. The number of likely N-dealkylation sites (tertiary alicyclic amines) is 2. The molecule has 33 heavy (non-hydrogen) atoms. The van der Waals surface area contributed by atoms with Gasteiger partial charge in [-0.1, -0.05) is 32.5 Å². The summed E-state index contributed by atoms with van der Waals surface area (Å²) in [6.07, 6.45) is 0.610. The summed E-state index contributed by atoms with van der Waals surface area (Å²) in [7, 11) is 0. The van der Waals surface area contributed by atoms with Crippen LogP contribution in [-0.2, 0) is 23.9 Å². The van der Waals surface area contributed by atoms with Crippen molar-refractivity contribution in [3.8, 4) is 0 Å². The van der Waals surface area contributed by atoms with Crippen LogP contribution in [0.2, 0.25) is 0 Å². The summed E-state index contributed by atoms with van der Waals surface area (Å²) in [5.74, 6) is 0.0273. The predicted molar refractivity (Wildman–Crippen MR) is 132 cm³/mol. The highest BCUT2D eigenvalue weighted by molar-refractivity contribution is 8.14. The smallest absolute Gasteiger partial charge is 0.358 e. The Balaban J connectivity index is 1.69. The molecule has 3 rings (SSSR count). The molecule has 2 saturated heterocycles. The average molecular weight is 498 g/mol. The summed E-state index contributed by atoms with van der Waals surface area (Å²) in [5.41, 5.74) is -0.395. The zero-order valence-electron chi connectivity index (χ0n) is 20.4. The van der Waals surface area contributed by atoms with Crippen LogP contribution in [0.1, 0.15) is 48.0 Å². The Bertz CT molecular complexity index is 844. The third kappa shape index (κ3) is 6.07. The molecule has 3 aliphatic heterocycles. The molecular weight excluding hydrogens is 462 g/mol. The largest absolute Gasteiger partial charge is 0.427 e. The summed E-state index contributed by atoms with van der Waals surface area (Å²) >= 11 is 3.42. The van der Waals surface area contributed by atoms with Gasteiger partial charge in [-0.3, -0.25) is 14.6 Å². The van der Waals surface area contributed by atoms with Crippen molar-refractivity contribution in [2.75, 3.05) is 38.7 Å². The van der Waals surface area contributed by atoms with Gasteiger partial charge in [0.05, 0.1) is 17.9 Å². The molecule has 8 nitrogen and oxygen atoms in total. The Hall–Kier alpha value is -1.68. The molecule has 0 N–H and O–H groups in total. The lowest BCUT2D eigenvalue weighted by Crippen LogP contribution is -2.55. The molecule has 0 aromatic carbocycles. The number of β-lactam (4-membered cyclic amide) rings is 1. The minimum atomic E-state index is -0.689. The van der Waals surface area contributed by atoms with Crippen molar-refractivity contribution < 1.29 is 23.9 Å². The standard InChI is InChI=1S/C23H35N3O5S2/c1-7-17(33-15-10-25(11-15)22-24-8-9-32-22)18(26-12-16(14(2)3)19(26)27)20(28)30-13-31-21(29)23(4,5)6/h14-16H,7-13H2,1-6H3/b18-17+. The third-order valence-corrected chi connectivity index (χ3v) is 8.24. The molecular formula is C23H35N3O5S2. The molecule has 1 amide bonds. The lowest BCUT2D eigenvalue weighted by Gasteiger charge is -2.43. The molecule has 1 atom stereocenters. The van der Waals surface area contributed by atoms with E-state index in [-0.39, 0.29) is 17.7 Å². The van der Waals surface area contributed by atoms with Crippen molar-refractivity contribution in [3.63, 3.8) is 0 Å². The highest BCUT2D eigenvalue weighted by Gasteiger charge is 2.44. The van der Waals surface area contributed by atoms with E-state index in [9.17, 15) is 14.4 Å². The maximum atomic E-state index is 13.1. The second-order valence-corrected chi connectivity index (χ2v) is 12.3. The van der Waals surface area contributed by atoms with Gasteiger partial charge in [0.15, 0.2) is 5.17 Å². The van der Waals surface area contributed by atoms with Crippen molar-refractivity contribution in [1.82, 2.24) is 9.80 Å². The zero-order valence-corrected chi connectivity index (χ0v) is 22.0. The summed E-state index contributed by atoms with van der Waals surface area (Å²) in [6, 6.07) is 0. The molecule has 1 unspecified atom stereocenters. The van der Waals surface area contributed by atoms with Crippen LogP contribution in [0.3, 0.4) is 0 Å². The summed E-state index contributed by atoms with van der Waals surface area (Å²) in [6.45, 7) is 13.8. The maximum absolute atomic E-state index is 13.1. The van der Waals surface area contributed by atoms with Crippen molar-refractivity contribution in [2.24, 2.45) is 22.2 Å². The van der Waals surface area contributed by atoms with E-state index in [0.29, 0.717) is 23.9 Å². The number of rotatable bonds is 8. The van der Waals surface area contributed by atoms with Crippen LogP contribution in [0.25, 0.3) is 0 Å². The Morgan fingerprint density at radius 3 is 2.42 bits per heavy atom. The lowest BCUT2D eigenvalue weighted by molar-refractivity contribution is -0.173. The first kappa shape index (κ1) is 25.9. The summed E-state index contributed by atoms with van der Waals surface area (Å²) in [4.78, 5) is 47.1. The van der Waals surface area contributed by atoms with Gasteiger partial charge in [-0.2, -0.15) is 0 Å². The van der Waals surface area contributed by atoms with Gasteiger partial charge in [-0.15, -0.1) is 11.8 Å². The number of nitrogens with zero attached hydrogens (tertiary/aromatic N) is 3. The molecule has 0 saturated carbocycles. The van der Waals surface area contributed by atoms with Crippen LogP contribution in [0.5, 0.6) is 0 Å². The van der Waals surface area contributed by atoms with Gasteiger partial charge >= 0.3 is 11.9 Å². The van der Waals surface area contributed by atoms with Gasteiger partial charge < -0.3 is 19.3 Å². The van der Waals surface area contributed by atoms with E-state index in [1.807, 2.05) is 20.8 Å². The molecule has 0 aliphatic carbocycles. The number of amides is 1. The van der Waals surface area contributed by atoms with E-state index in [1.54, 1.807) is 44.3 Å². The Morgan fingerprint density at radius 1 is 1.21 bits per heavy atom. The lowest BCUT2D eigenvalue weighted by atomic mass is 9.87. The van der Waals surface area contributed by atoms with Gasteiger partial charge in [0.2, 0.25) is 12.7 Å². The van der Waals surface area contributed by atoms with E-state index in [0.717, 1.165) is 35.5 Å². The number of hydrogen-bond acceptors (Lipinski definition) is 9. The minimum Gasteiger partial charge on any atom is -0.427 e. The molecule has 3 heterocycles. The average Bonchev–Trinajstić information content (AvgIpc) is 3.23. The molecule has 2 fully saturated rings. The van der Waals surface area contributed by atoms with Crippen molar-refractivity contribution >= 4 is 46.5 Å². The molecule has 10 heteroatoms. The van der Waals surface area contributed by atoms with Gasteiger partial charge in [0.1, 0.15) is 5.70 Å². The Kier molecular flexibility index (Phi) is 8.42. The van der Waals surface area contributed by atoms with Crippen molar-refractivity contribution in [2.45, 2.75) is 53.2 Å². The van der Waals surface area contributed by atoms with E-state index < -0.39 is 24.1 Å². The van der Waals surface area contributed by atoms with Crippen molar-refractivity contribution in [3.05, 3.63) is 10.6 Å². The monoisotopic (exact) mass is 497 g/mol. The topological polar surface area (TPSA) is 88.5 Å². The second-order valence-electron chi connectivity index (χ2n) is 9.81. The van der Waals surface area contributed by atoms with E-state index >= 15 is 0 Å². The number of carbonyl (C=O) groups is 3. The number of ether oxygens (including phenoxy) is 2. The maximum Gasteiger partial charge on any atom is 0.358 e. The van der Waals surface area contributed by atoms with E-state index in [1.165, 1.54) is 4.90 Å². The first-order chi connectivity index (χ1) is 15.5. The summed E-state index contributed by atoms with van der Waals surface area (Å²) < 4.78 is 10.4. The quantitative estimate of drug-likeness (QED) is 0.218. The van der Waals surface area contributed by atoms with Crippen LogP contribution in [0, 0.1) is 17.3 Å². The van der Waals surface area contributed by atoms with Gasteiger partial charge in [-0.25, -0.2) is 4.79 Å². The molecule has 184 valence electrons. The number of thioether (sulfide) groups is 2. The SMILES string of the molecule is CC/C(SC1CN(C2=NCCS2)C1)=C(/C(=O)OCOC(=O)C(C)(C)C)N1CC(C(C)C)C1=O. The zero-order chi connectivity index (χ0) is 24.3. The number of amidine groups is 1. The molecule has 0 aromatic rings. The Morgan fingerprint density at radius 2 is 1.91 bits per heavy atom. The van der Waals surface area contributed by atoms with Gasteiger partial charge in [0.25, 0.3) is 0 Å². The molecule has 0 aromatic heterocycles. The molecule has 3 aliphatic rings. The second kappa shape index (κ2) is 10.7. The highest BCUT2D eigenvalue weighted by Crippen LogP contribution is 2.38. The molecule has 0 radical (unpaired) electrons. The summed E-state index contributed by atoms with van der Waals surface area (Å²) in [5, 5.41) is 1.43. The number of allylic oxidation sites excluding steroid dienone is 1. The van der Waals surface area contributed by atoms with Crippen LogP contribution in [0.4, 0.5) is 0 Å². The van der Waals surface area contributed by atoms with Crippen molar-refractivity contribution in [1.29, 1.82) is 0 Å². The fourth-order valence-corrected chi connectivity index (χ4v) is 5.90. The predicted octanol–water partition coefficient (Wildman–Crippen LogP) is 3.33. The van der Waals surface area contributed by atoms with Gasteiger partial charge in [0, 0.05) is 35.5 Å². The highest BCUT2D eigenvalue weighted by atomic mass is 32.2. The third-order valence-electron chi connectivity index (χ3n) is 5.81. The normalized spacial score (nSPS) is 22.0. The minimum absolute atomic E-state index is 0.0536. The number of hydrogen-bond donors (Lipinski definition) is 0. The van der Waals surface area contributed by atoms with Crippen LogP contribution in [0.15, 0.2) is 15.6 Å². The van der Waals surface area contributed by atoms with E-state index in [4.69, 9.17) is 9.47 Å². The Labute approximate surface area is 204 Å². The molecule has 0 spiro atoms. The van der Waals surface area contributed by atoms with E-state index in [2.05, 4.69) is 9.89 Å². The number of aliphatic imine (C=N–C) groups is 1. The van der Waals surface area contributed by atoms with Gasteiger partial charge in [-0.05, 0) is 33.1 Å². The fraction of sp³-hybridized carbons (Fsp3) is 0.739. The molecule has 0 bridgehead atoms. The van der Waals surface area contributed by atoms with Crippen LogP contribution >= 0.6 is 23.5 Å².